The molecule has 100 valence electrons. The normalized spacial score (nSPS) is 10.7. The number of benzene rings is 1. The summed E-state index contributed by atoms with van der Waals surface area (Å²) >= 11 is 3.42. The minimum Gasteiger partial charge on any atom is -0.351 e. The van der Waals surface area contributed by atoms with Gasteiger partial charge in [-0.25, -0.2) is 0 Å². The van der Waals surface area contributed by atoms with Crippen LogP contribution in [0.5, 0.6) is 0 Å². The summed E-state index contributed by atoms with van der Waals surface area (Å²) in [6.07, 6.45) is 0. The molecule has 1 amide bonds. The van der Waals surface area contributed by atoms with E-state index in [2.05, 4.69) is 40.0 Å². The van der Waals surface area contributed by atoms with Crippen molar-refractivity contribution in [3.05, 3.63) is 33.8 Å². The molecule has 0 aliphatic carbocycles. The number of likely N-dealkylation sites (N-methyl/N-ethyl adjacent to an activating group) is 1. The average Bonchev–Trinajstić information content (AvgIpc) is 2.34. The van der Waals surface area contributed by atoms with E-state index in [1.165, 1.54) is 0 Å². The van der Waals surface area contributed by atoms with Gasteiger partial charge in [-0.2, -0.15) is 0 Å². The van der Waals surface area contributed by atoms with Crippen LogP contribution < -0.4 is 5.32 Å². The van der Waals surface area contributed by atoms with Gasteiger partial charge in [0, 0.05) is 17.6 Å². The molecular weight excluding hydrogens is 292 g/mol. The number of nitrogens with one attached hydrogen (secondary N) is 1. The lowest BCUT2D eigenvalue weighted by molar-refractivity contribution is 0.0948. The van der Waals surface area contributed by atoms with Gasteiger partial charge < -0.3 is 10.2 Å². The number of nitrogens with zero attached hydrogens (tertiary/aromatic N) is 1. The molecule has 18 heavy (non-hydrogen) atoms. The molecule has 0 saturated heterocycles. The van der Waals surface area contributed by atoms with Crippen molar-refractivity contribution in [2.24, 2.45) is 0 Å². The van der Waals surface area contributed by atoms with Crippen LogP contribution in [0.1, 0.15) is 29.8 Å². The maximum atomic E-state index is 12.0. The second-order valence-electron chi connectivity index (χ2n) is 4.27. The van der Waals surface area contributed by atoms with Crippen molar-refractivity contribution >= 4 is 21.8 Å². The Bertz CT molecular complexity index is 403. The largest absolute Gasteiger partial charge is 0.351 e. The molecule has 0 radical (unpaired) electrons. The van der Waals surface area contributed by atoms with Crippen LogP contribution in [0.3, 0.4) is 0 Å². The van der Waals surface area contributed by atoms with Crippen LogP contribution in [0.2, 0.25) is 0 Å². The lowest BCUT2D eigenvalue weighted by Crippen LogP contribution is -2.34. The highest BCUT2D eigenvalue weighted by Crippen LogP contribution is 2.17. The summed E-state index contributed by atoms with van der Waals surface area (Å²) in [4.78, 5) is 14.3. The summed E-state index contributed by atoms with van der Waals surface area (Å²) in [5.41, 5.74) is 1.83. The first kappa shape index (κ1) is 15.2. The fourth-order valence-electron chi connectivity index (χ4n) is 1.77. The van der Waals surface area contributed by atoms with Crippen molar-refractivity contribution in [1.29, 1.82) is 0 Å². The van der Waals surface area contributed by atoms with Gasteiger partial charge in [-0.3, -0.25) is 4.79 Å². The molecule has 1 aromatic rings. The first-order valence-electron chi connectivity index (χ1n) is 6.35. The predicted octanol–water partition coefficient (Wildman–Crippen LogP) is 2.83. The highest BCUT2D eigenvalue weighted by atomic mass is 79.9. The molecule has 0 heterocycles. The van der Waals surface area contributed by atoms with E-state index in [0.29, 0.717) is 12.1 Å². The van der Waals surface area contributed by atoms with Gasteiger partial charge in [-0.05, 0) is 53.6 Å². The first-order chi connectivity index (χ1) is 8.58. The zero-order chi connectivity index (χ0) is 13.5. The van der Waals surface area contributed by atoms with Gasteiger partial charge >= 0.3 is 0 Å². The Kier molecular flexibility index (Phi) is 6.36. The van der Waals surface area contributed by atoms with Crippen molar-refractivity contribution in [1.82, 2.24) is 10.2 Å². The molecule has 0 fully saturated rings. The second kappa shape index (κ2) is 7.54. The number of halogens is 1. The fraction of sp³-hybridized carbons (Fsp3) is 0.500. The molecule has 0 aromatic heterocycles. The third-order valence-corrected chi connectivity index (χ3v) is 3.63. The number of rotatable bonds is 6. The number of aryl methyl sites for hydroxylation is 1. The molecule has 3 nitrogen and oxygen atoms in total. The standard InChI is InChI=1S/C14H21BrN2O/c1-4-17(5-2)9-8-16-14(18)12-7-6-11(3)10-13(12)15/h6-7,10H,4-5,8-9H2,1-3H3,(H,16,18). The Hall–Kier alpha value is -0.870. The number of carbonyl (C=O) groups is 1. The van der Waals surface area contributed by atoms with Gasteiger partial charge in [0.15, 0.2) is 0 Å². The fourth-order valence-corrected chi connectivity index (χ4v) is 2.44. The van der Waals surface area contributed by atoms with E-state index >= 15 is 0 Å². The summed E-state index contributed by atoms with van der Waals surface area (Å²) in [6, 6.07) is 5.76. The molecule has 1 rings (SSSR count). The van der Waals surface area contributed by atoms with Gasteiger partial charge in [0.05, 0.1) is 5.56 Å². The summed E-state index contributed by atoms with van der Waals surface area (Å²) in [5, 5.41) is 2.95. The van der Waals surface area contributed by atoms with Crippen LogP contribution in [0.25, 0.3) is 0 Å². The zero-order valence-corrected chi connectivity index (χ0v) is 12.9. The number of hydrogen-bond acceptors (Lipinski definition) is 2. The van der Waals surface area contributed by atoms with E-state index in [1.807, 2.05) is 25.1 Å². The Labute approximate surface area is 118 Å². The molecule has 0 bridgehead atoms. The molecule has 0 unspecified atom stereocenters. The minimum absolute atomic E-state index is 0.0194. The van der Waals surface area contributed by atoms with Crippen molar-refractivity contribution in [2.45, 2.75) is 20.8 Å². The molecule has 0 saturated carbocycles. The van der Waals surface area contributed by atoms with Crippen LogP contribution >= 0.6 is 15.9 Å². The third-order valence-electron chi connectivity index (χ3n) is 2.98. The van der Waals surface area contributed by atoms with Crippen molar-refractivity contribution < 1.29 is 4.79 Å². The quantitative estimate of drug-likeness (QED) is 0.876. The van der Waals surface area contributed by atoms with Gasteiger partial charge in [-0.1, -0.05) is 19.9 Å². The van der Waals surface area contributed by atoms with E-state index in [4.69, 9.17) is 0 Å². The monoisotopic (exact) mass is 312 g/mol. The first-order valence-corrected chi connectivity index (χ1v) is 7.14. The van der Waals surface area contributed by atoms with Crippen molar-refractivity contribution in [2.75, 3.05) is 26.2 Å². The summed E-state index contributed by atoms with van der Waals surface area (Å²) in [5.74, 6) is -0.0194. The van der Waals surface area contributed by atoms with E-state index in [-0.39, 0.29) is 5.91 Å². The summed E-state index contributed by atoms with van der Waals surface area (Å²) < 4.78 is 0.850. The van der Waals surface area contributed by atoms with Gasteiger partial charge in [0.1, 0.15) is 0 Å². The van der Waals surface area contributed by atoms with Crippen LogP contribution in [0.15, 0.2) is 22.7 Å². The molecule has 0 spiro atoms. The minimum atomic E-state index is -0.0194. The molecule has 4 heteroatoms. The van der Waals surface area contributed by atoms with Crippen LogP contribution in [0.4, 0.5) is 0 Å². The lowest BCUT2D eigenvalue weighted by Gasteiger charge is -2.18. The summed E-state index contributed by atoms with van der Waals surface area (Å²) in [6.45, 7) is 9.86. The van der Waals surface area contributed by atoms with E-state index in [9.17, 15) is 4.79 Å². The Morgan fingerprint density at radius 1 is 1.33 bits per heavy atom. The smallest absolute Gasteiger partial charge is 0.252 e. The highest BCUT2D eigenvalue weighted by Gasteiger charge is 2.09. The van der Waals surface area contributed by atoms with Crippen LogP contribution in [-0.4, -0.2) is 37.0 Å². The predicted molar refractivity (Wildman–Crippen MR) is 79.0 cm³/mol. The van der Waals surface area contributed by atoms with Crippen LogP contribution in [0, 0.1) is 6.92 Å². The number of amides is 1. The van der Waals surface area contributed by atoms with E-state index in [1.54, 1.807) is 0 Å². The van der Waals surface area contributed by atoms with Crippen LogP contribution in [-0.2, 0) is 0 Å². The van der Waals surface area contributed by atoms with Crippen molar-refractivity contribution in [3.8, 4) is 0 Å². The molecule has 1 N–H and O–H groups in total. The second-order valence-corrected chi connectivity index (χ2v) is 5.12. The topological polar surface area (TPSA) is 32.3 Å². The SMILES string of the molecule is CCN(CC)CCNC(=O)c1ccc(C)cc1Br. The average molecular weight is 313 g/mol. The number of hydrogen-bond donors (Lipinski definition) is 1. The van der Waals surface area contributed by atoms with Gasteiger partial charge in [0.2, 0.25) is 0 Å². The highest BCUT2D eigenvalue weighted by molar-refractivity contribution is 9.10. The molecular formula is C14H21BrN2O. The molecule has 1 aromatic carbocycles. The maximum absolute atomic E-state index is 12.0. The molecule has 0 atom stereocenters. The van der Waals surface area contributed by atoms with E-state index in [0.717, 1.165) is 29.7 Å². The van der Waals surface area contributed by atoms with Gasteiger partial charge in [0.25, 0.3) is 5.91 Å². The van der Waals surface area contributed by atoms with E-state index < -0.39 is 0 Å². The van der Waals surface area contributed by atoms with Crippen molar-refractivity contribution in [3.63, 3.8) is 0 Å². The molecule has 0 aliphatic heterocycles. The lowest BCUT2D eigenvalue weighted by atomic mass is 10.1. The third kappa shape index (κ3) is 4.42. The Balaban J connectivity index is 2.50. The molecule has 0 aliphatic rings. The maximum Gasteiger partial charge on any atom is 0.252 e. The zero-order valence-electron chi connectivity index (χ0n) is 11.3. The Morgan fingerprint density at radius 3 is 2.56 bits per heavy atom. The number of carbonyl (C=O) groups excluding carboxylic acids is 1. The summed E-state index contributed by atoms with van der Waals surface area (Å²) in [7, 11) is 0. The Morgan fingerprint density at radius 2 is 2.00 bits per heavy atom. The van der Waals surface area contributed by atoms with Gasteiger partial charge in [-0.15, -0.1) is 0 Å².